The van der Waals surface area contributed by atoms with E-state index >= 15 is 0 Å². The molecule has 1 fully saturated rings. The van der Waals surface area contributed by atoms with Crippen molar-refractivity contribution in [3.63, 3.8) is 0 Å². The van der Waals surface area contributed by atoms with Crippen LogP contribution in [0.15, 0.2) is 72.8 Å². The summed E-state index contributed by atoms with van der Waals surface area (Å²) in [5, 5.41) is 5.34. The van der Waals surface area contributed by atoms with E-state index in [0.29, 0.717) is 35.5 Å². The van der Waals surface area contributed by atoms with E-state index in [2.05, 4.69) is 0 Å². The van der Waals surface area contributed by atoms with Crippen LogP contribution in [0.5, 0.6) is 17.4 Å². The number of halogens is 2. The minimum atomic E-state index is -0.308. The topological polar surface area (TPSA) is 56.6 Å². The van der Waals surface area contributed by atoms with E-state index in [0.717, 1.165) is 35.3 Å². The average Bonchev–Trinajstić information content (AvgIpc) is 3.71. The highest BCUT2D eigenvalue weighted by Crippen LogP contribution is 2.36. The van der Waals surface area contributed by atoms with Gasteiger partial charge in [-0.15, -0.1) is 0 Å². The van der Waals surface area contributed by atoms with Crippen LogP contribution in [0.3, 0.4) is 0 Å². The number of hydrogen-bond acceptors (Lipinski definition) is 4. The molecule has 3 aromatic carbocycles. The minimum Gasteiger partial charge on any atom is -0.497 e. The monoisotopic (exact) mass is 519 g/mol. The molecule has 1 aromatic heterocycles. The van der Waals surface area contributed by atoms with Crippen LogP contribution >= 0.6 is 11.6 Å². The first kappa shape index (κ1) is 24.8. The van der Waals surface area contributed by atoms with E-state index in [1.165, 1.54) is 12.1 Å². The van der Waals surface area contributed by atoms with Gasteiger partial charge in [0, 0.05) is 17.5 Å². The average molecular weight is 520 g/mol. The van der Waals surface area contributed by atoms with Crippen molar-refractivity contribution in [1.82, 2.24) is 14.7 Å². The lowest BCUT2D eigenvalue weighted by molar-refractivity contribution is -0.133. The van der Waals surface area contributed by atoms with Crippen molar-refractivity contribution in [3.05, 3.63) is 100 Å². The Morgan fingerprint density at radius 2 is 1.76 bits per heavy atom. The number of amides is 1. The number of aryl methyl sites for hydroxylation is 1. The van der Waals surface area contributed by atoms with E-state index < -0.39 is 0 Å². The number of ether oxygens (including phenoxy) is 2. The molecule has 0 N–H and O–H groups in total. The molecule has 8 heteroatoms. The van der Waals surface area contributed by atoms with Gasteiger partial charge in [-0.2, -0.15) is 5.10 Å². The third kappa shape index (κ3) is 5.78. The largest absolute Gasteiger partial charge is 0.497 e. The summed E-state index contributed by atoms with van der Waals surface area (Å²) in [5.41, 5.74) is 3.11. The molecular formula is C29H27ClFN3O3. The molecule has 0 saturated heterocycles. The van der Waals surface area contributed by atoms with Crippen molar-refractivity contribution < 1.29 is 18.7 Å². The van der Waals surface area contributed by atoms with Crippen LogP contribution in [0.1, 0.15) is 29.7 Å². The number of methoxy groups -OCH3 is 1. The first-order valence-electron chi connectivity index (χ1n) is 12.1. The van der Waals surface area contributed by atoms with E-state index in [9.17, 15) is 9.18 Å². The van der Waals surface area contributed by atoms with Gasteiger partial charge in [-0.25, -0.2) is 9.07 Å². The fraction of sp³-hybridized carbons (Fsp3) is 0.241. The number of nitrogens with zero attached hydrogens (tertiary/aromatic N) is 3. The summed E-state index contributed by atoms with van der Waals surface area (Å²) in [7, 11) is 1.61. The van der Waals surface area contributed by atoms with Crippen LogP contribution in [0, 0.1) is 18.7 Å². The van der Waals surface area contributed by atoms with Crippen LogP contribution < -0.4 is 9.47 Å². The van der Waals surface area contributed by atoms with Gasteiger partial charge in [0.1, 0.15) is 17.3 Å². The summed E-state index contributed by atoms with van der Waals surface area (Å²) in [5.74, 6) is 1.61. The molecule has 0 unspecified atom stereocenters. The van der Waals surface area contributed by atoms with Crippen LogP contribution in [0.25, 0.3) is 5.69 Å². The maximum atomic E-state index is 13.5. The predicted octanol–water partition coefficient (Wildman–Crippen LogP) is 6.71. The molecular weight excluding hydrogens is 493 g/mol. The van der Waals surface area contributed by atoms with Gasteiger partial charge < -0.3 is 14.4 Å². The SMILES string of the molecule is COc1ccc(Oc2c(CN(Cc3ccc(F)cc3)C(=O)C3CC3)c(C)nn2-c2cccc(Cl)c2)cc1. The van der Waals surface area contributed by atoms with Gasteiger partial charge >= 0.3 is 0 Å². The summed E-state index contributed by atoms with van der Waals surface area (Å²) in [4.78, 5) is 15.1. The second kappa shape index (κ2) is 10.6. The number of benzene rings is 3. The van der Waals surface area contributed by atoms with Crippen molar-refractivity contribution in [1.29, 1.82) is 0 Å². The van der Waals surface area contributed by atoms with Gasteiger partial charge in [-0.05, 0) is 79.9 Å². The molecule has 1 amide bonds. The van der Waals surface area contributed by atoms with Crippen molar-refractivity contribution in [2.45, 2.75) is 32.9 Å². The maximum Gasteiger partial charge on any atom is 0.227 e. The van der Waals surface area contributed by atoms with E-state index in [1.807, 2.05) is 49.4 Å². The Morgan fingerprint density at radius 1 is 1.05 bits per heavy atom. The van der Waals surface area contributed by atoms with Gasteiger partial charge in [-0.3, -0.25) is 4.79 Å². The lowest BCUT2D eigenvalue weighted by Gasteiger charge is -2.23. The van der Waals surface area contributed by atoms with Crippen molar-refractivity contribution in [3.8, 4) is 23.1 Å². The summed E-state index contributed by atoms with van der Waals surface area (Å²) in [6, 6.07) is 20.9. The Hall–Kier alpha value is -3.84. The summed E-state index contributed by atoms with van der Waals surface area (Å²) in [6.45, 7) is 2.55. The Balaban J connectivity index is 1.54. The second-order valence-corrected chi connectivity index (χ2v) is 9.57. The molecule has 0 spiro atoms. The molecule has 6 nitrogen and oxygen atoms in total. The van der Waals surface area contributed by atoms with Gasteiger partial charge in [0.15, 0.2) is 0 Å². The Bertz CT molecular complexity index is 1400. The fourth-order valence-electron chi connectivity index (χ4n) is 4.16. The molecule has 1 aliphatic rings. The number of carbonyl (C=O) groups is 1. The van der Waals surface area contributed by atoms with Gasteiger partial charge in [0.2, 0.25) is 11.8 Å². The van der Waals surface area contributed by atoms with Crippen molar-refractivity contribution in [2.75, 3.05) is 7.11 Å². The highest BCUT2D eigenvalue weighted by Gasteiger charge is 2.34. The maximum absolute atomic E-state index is 13.5. The van der Waals surface area contributed by atoms with Gasteiger partial charge in [-0.1, -0.05) is 29.8 Å². The minimum absolute atomic E-state index is 0.0229. The van der Waals surface area contributed by atoms with Gasteiger partial charge in [0.25, 0.3) is 0 Å². The zero-order chi connectivity index (χ0) is 25.9. The number of hydrogen-bond donors (Lipinski definition) is 0. The van der Waals surface area contributed by atoms with Crippen LogP contribution in [0.4, 0.5) is 4.39 Å². The van der Waals surface area contributed by atoms with Crippen LogP contribution in [0.2, 0.25) is 5.02 Å². The normalized spacial score (nSPS) is 12.9. The van der Waals surface area contributed by atoms with Crippen LogP contribution in [-0.2, 0) is 17.9 Å². The summed E-state index contributed by atoms with van der Waals surface area (Å²) < 4.78 is 26.9. The quantitative estimate of drug-likeness (QED) is 0.246. The lowest BCUT2D eigenvalue weighted by atomic mass is 10.1. The van der Waals surface area contributed by atoms with E-state index in [1.54, 1.807) is 34.9 Å². The van der Waals surface area contributed by atoms with E-state index in [4.69, 9.17) is 26.2 Å². The van der Waals surface area contributed by atoms with Crippen LogP contribution in [-0.4, -0.2) is 27.7 Å². The smallest absolute Gasteiger partial charge is 0.227 e. The molecule has 37 heavy (non-hydrogen) atoms. The molecule has 1 heterocycles. The van der Waals surface area contributed by atoms with Crippen molar-refractivity contribution >= 4 is 17.5 Å². The Morgan fingerprint density at radius 3 is 2.41 bits per heavy atom. The molecule has 0 bridgehead atoms. The molecule has 1 saturated carbocycles. The van der Waals surface area contributed by atoms with Gasteiger partial charge in [0.05, 0.1) is 30.6 Å². The van der Waals surface area contributed by atoms with E-state index in [-0.39, 0.29) is 17.6 Å². The lowest BCUT2D eigenvalue weighted by Crippen LogP contribution is -2.31. The molecule has 1 aliphatic carbocycles. The highest BCUT2D eigenvalue weighted by atomic mass is 35.5. The van der Waals surface area contributed by atoms with Crippen molar-refractivity contribution in [2.24, 2.45) is 5.92 Å². The molecule has 0 atom stereocenters. The molecule has 0 radical (unpaired) electrons. The Kier molecular flexibility index (Phi) is 7.15. The standard InChI is InChI=1S/C29H27ClFN3O3/c1-19-27(18-33(28(35)21-8-9-21)17-20-6-10-23(31)11-7-20)29(37-26-14-12-25(36-2)13-15-26)34(32-19)24-5-3-4-22(30)16-24/h3-7,10-16,21H,8-9,17-18H2,1-2H3. The summed E-state index contributed by atoms with van der Waals surface area (Å²) in [6.07, 6.45) is 1.77. The highest BCUT2D eigenvalue weighted by molar-refractivity contribution is 6.30. The number of carbonyl (C=O) groups excluding carboxylic acids is 1. The first-order valence-corrected chi connectivity index (χ1v) is 12.5. The third-order valence-electron chi connectivity index (χ3n) is 6.34. The molecule has 0 aliphatic heterocycles. The number of aromatic nitrogens is 2. The summed E-state index contributed by atoms with van der Waals surface area (Å²) >= 11 is 6.28. The zero-order valence-electron chi connectivity index (χ0n) is 20.7. The second-order valence-electron chi connectivity index (χ2n) is 9.13. The third-order valence-corrected chi connectivity index (χ3v) is 6.57. The molecule has 190 valence electrons. The molecule has 4 aromatic rings. The number of rotatable bonds is 9. The predicted molar refractivity (Wildman–Crippen MR) is 140 cm³/mol. The molecule has 5 rings (SSSR count). The Labute approximate surface area is 220 Å². The first-order chi connectivity index (χ1) is 17.9. The zero-order valence-corrected chi connectivity index (χ0v) is 21.4. The fourth-order valence-corrected chi connectivity index (χ4v) is 4.35.